The van der Waals surface area contributed by atoms with Gasteiger partial charge in [0, 0.05) is 12.8 Å². The Morgan fingerprint density at radius 1 is 0.421 bits per heavy atom. The summed E-state index contributed by atoms with van der Waals surface area (Å²) in [6, 6.07) is 0. The lowest BCUT2D eigenvalue weighted by Crippen LogP contribution is -2.28. The van der Waals surface area contributed by atoms with E-state index in [-0.39, 0.29) is 25.2 Å². The van der Waals surface area contributed by atoms with Crippen molar-refractivity contribution in [1.82, 2.24) is 0 Å². The molecule has 0 fully saturated rings. The number of hydrogen-bond donors (Lipinski definition) is 1. The Hall–Kier alpha value is -2.66. The maximum Gasteiger partial charge on any atom is 0.306 e. The molecule has 0 spiro atoms. The second-order valence-electron chi connectivity index (χ2n) is 15.8. The first-order valence-corrected chi connectivity index (χ1v) is 24.0. The third-order valence-corrected chi connectivity index (χ3v) is 10.3. The summed E-state index contributed by atoms with van der Waals surface area (Å²) < 4.78 is 10.7. The highest BCUT2D eigenvalue weighted by Crippen LogP contribution is 2.15. The molecule has 1 unspecified atom stereocenters. The maximum absolute atomic E-state index is 12.2. The Morgan fingerprint density at radius 3 is 1.14 bits per heavy atom. The molecule has 328 valence electrons. The summed E-state index contributed by atoms with van der Waals surface area (Å²) in [7, 11) is 0. The molecule has 0 saturated carbocycles. The zero-order chi connectivity index (χ0) is 41.4. The molecule has 0 aromatic heterocycles. The minimum Gasteiger partial charge on any atom is -0.462 e. The molecule has 0 rings (SSSR count). The summed E-state index contributed by atoms with van der Waals surface area (Å²) in [5.41, 5.74) is 0. The Balaban J connectivity index is 3.57. The molecule has 0 heterocycles. The van der Waals surface area contributed by atoms with Gasteiger partial charge in [-0.3, -0.25) is 9.59 Å². The van der Waals surface area contributed by atoms with Crippen molar-refractivity contribution in [2.45, 2.75) is 232 Å². The van der Waals surface area contributed by atoms with Crippen LogP contribution >= 0.6 is 0 Å². The lowest BCUT2D eigenvalue weighted by atomic mass is 10.0. The Labute approximate surface area is 353 Å². The van der Waals surface area contributed by atoms with Gasteiger partial charge < -0.3 is 14.6 Å². The average Bonchev–Trinajstić information content (AvgIpc) is 3.21. The van der Waals surface area contributed by atoms with Crippen LogP contribution in [0.15, 0.2) is 72.9 Å². The maximum atomic E-state index is 12.2. The fourth-order valence-corrected chi connectivity index (χ4v) is 6.68. The third-order valence-electron chi connectivity index (χ3n) is 10.3. The molecular weight excluding hydrogens is 705 g/mol. The Bertz CT molecular complexity index is 1040. The van der Waals surface area contributed by atoms with Gasteiger partial charge in [0.1, 0.15) is 6.61 Å². The summed E-state index contributed by atoms with van der Waals surface area (Å²) in [4.78, 5) is 24.4. The van der Waals surface area contributed by atoms with Gasteiger partial charge in [-0.15, -0.1) is 0 Å². The molecule has 1 atom stereocenters. The monoisotopic (exact) mass is 795 g/mol. The molecule has 0 amide bonds. The van der Waals surface area contributed by atoms with E-state index in [1.807, 2.05) is 0 Å². The van der Waals surface area contributed by atoms with Gasteiger partial charge in [0.05, 0.1) is 6.61 Å². The summed E-state index contributed by atoms with van der Waals surface area (Å²) in [5, 5.41) is 9.61. The predicted molar refractivity (Wildman–Crippen MR) is 246 cm³/mol. The van der Waals surface area contributed by atoms with Crippen LogP contribution in [0.3, 0.4) is 0 Å². The van der Waals surface area contributed by atoms with Crippen molar-refractivity contribution in [3.8, 4) is 0 Å². The molecule has 0 saturated heterocycles. The van der Waals surface area contributed by atoms with Crippen LogP contribution in [0.1, 0.15) is 226 Å². The largest absolute Gasteiger partial charge is 0.462 e. The summed E-state index contributed by atoms with van der Waals surface area (Å²) in [5.74, 6) is -0.604. The minimum absolute atomic E-state index is 0.0725. The number of carbonyl (C=O) groups excluding carboxylic acids is 2. The quantitative estimate of drug-likeness (QED) is 0.0378. The van der Waals surface area contributed by atoms with E-state index in [0.717, 1.165) is 83.5 Å². The molecule has 1 N–H and O–H groups in total. The number of hydrogen-bond acceptors (Lipinski definition) is 5. The molecule has 0 aromatic carbocycles. The number of esters is 2. The van der Waals surface area contributed by atoms with Gasteiger partial charge in [0.25, 0.3) is 0 Å². The highest BCUT2D eigenvalue weighted by Gasteiger charge is 2.16. The van der Waals surface area contributed by atoms with Crippen molar-refractivity contribution in [1.29, 1.82) is 0 Å². The normalized spacial score (nSPS) is 12.8. The number of ether oxygens (including phenoxy) is 2. The number of carbonyl (C=O) groups is 2. The second kappa shape index (κ2) is 47.7. The first-order valence-electron chi connectivity index (χ1n) is 24.0. The average molecular weight is 795 g/mol. The molecule has 0 radical (unpaired) electrons. The SMILES string of the molecule is CC/C=C\C/C=C\C/C=C\C/C=C\C/C=C\C/C=C\CCCCCCCCC(=O)OC(CO)COC(=O)CCCCCCCCCCCCCCCCCCCC. The molecule has 0 aliphatic carbocycles. The van der Waals surface area contributed by atoms with Crippen molar-refractivity contribution in [2.24, 2.45) is 0 Å². The van der Waals surface area contributed by atoms with Gasteiger partial charge in [-0.05, 0) is 64.2 Å². The first kappa shape index (κ1) is 54.3. The van der Waals surface area contributed by atoms with Crippen LogP contribution in [0.4, 0.5) is 0 Å². The van der Waals surface area contributed by atoms with Crippen LogP contribution in [-0.4, -0.2) is 36.4 Å². The van der Waals surface area contributed by atoms with Gasteiger partial charge in [-0.1, -0.05) is 222 Å². The Morgan fingerprint density at radius 2 is 0.754 bits per heavy atom. The fourth-order valence-electron chi connectivity index (χ4n) is 6.68. The van der Waals surface area contributed by atoms with Crippen LogP contribution in [0.5, 0.6) is 0 Å². The van der Waals surface area contributed by atoms with Crippen molar-refractivity contribution in [3.05, 3.63) is 72.9 Å². The number of unbranched alkanes of at least 4 members (excludes halogenated alkanes) is 23. The second-order valence-corrected chi connectivity index (χ2v) is 15.8. The van der Waals surface area contributed by atoms with Crippen molar-refractivity contribution < 1.29 is 24.2 Å². The predicted octanol–water partition coefficient (Wildman–Crippen LogP) is 15.7. The van der Waals surface area contributed by atoms with Crippen LogP contribution in [0.2, 0.25) is 0 Å². The molecule has 5 heteroatoms. The lowest BCUT2D eigenvalue weighted by Gasteiger charge is -2.15. The van der Waals surface area contributed by atoms with E-state index in [9.17, 15) is 14.7 Å². The van der Waals surface area contributed by atoms with E-state index in [0.29, 0.717) is 12.8 Å². The molecule has 57 heavy (non-hydrogen) atoms. The van der Waals surface area contributed by atoms with Gasteiger partial charge >= 0.3 is 11.9 Å². The van der Waals surface area contributed by atoms with Gasteiger partial charge in [0.2, 0.25) is 0 Å². The van der Waals surface area contributed by atoms with Gasteiger partial charge in [-0.25, -0.2) is 0 Å². The molecule has 0 aliphatic rings. The van der Waals surface area contributed by atoms with Crippen LogP contribution in [0.25, 0.3) is 0 Å². The Kier molecular flexibility index (Phi) is 45.5. The zero-order valence-corrected chi connectivity index (χ0v) is 37.3. The smallest absolute Gasteiger partial charge is 0.306 e. The minimum atomic E-state index is -0.782. The highest BCUT2D eigenvalue weighted by molar-refractivity contribution is 5.70. The topological polar surface area (TPSA) is 72.8 Å². The first-order chi connectivity index (χ1) is 28.1. The lowest BCUT2D eigenvalue weighted by molar-refractivity contribution is -0.161. The number of allylic oxidation sites excluding steroid dienone is 12. The van der Waals surface area contributed by atoms with Gasteiger partial charge in [0.15, 0.2) is 6.10 Å². The van der Waals surface area contributed by atoms with Crippen LogP contribution in [-0.2, 0) is 19.1 Å². The van der Waals surface area contributed by atoms with E-state index >= 15 is 0 Å². The molecule has 0 aromatic rings. The van der Waals surface area contributed by atoms with Crippen molar-refractivity contribution in [2.75, 3.05) is 13.2 Å². The van der Waals surface area contributed by atoms with Crippen LogP contribution < -0.4 is 0 Å². The van der Waals surface area contributed by atoms with Crippen LogP contribution in [0, 0.1) is 0 Å². The molecule has 0 aliphatic heterocycles. The van der Waals surface area contributed by atoms with Crippen molar-refractivity contribution >= 4 is 11.9 Å². The highest BCUT2D eigenvalue weighted by atomic mass is 16.6. The van der Waals surface area contributed by atoms with E-state index in [1.165, 1.54) is 116 Å². The van der Waals surface area contributed by atoms with E-state index in [2.05, 4.69) is 86.8 Å². The fraction of sp³-hybridized carbons (Fsp3) is 0.731. The third kappa shape index (κ3) is 45.9. The van der Waals surface area contributed by atoms with E-state index in [1.54, 1.807) is 0 Å². The molecule has 5 nitrogen and oxygen atoms in total. The van der Waals surface area contributed by atoms with E-state index < -0.39 is 6.10 Å². The van der Waals surface area contributed by atoms with Gasteiger partial charge in [-0.2, -0.15) is 0 Å². The van der Waals surface area contributed by atoms with Crippen molar-refractivity contribution in [3.63, 3.8) is 0 Å². The summed E-state index contributed by atoms with van der Waals surface area (Å²) >= 11 is 0. The standard InChI is InChI=1S/C52H90O5/c1-3-5-7-9-11-13-15-17-19-21-23-24-25-26-27-28-29-31-33-35-37-39-41-43-45-47-52(55)57-50(48-53)49-56-51(54)46-44-42-40-38-36-34-32-30-22-20-18-16-14-12-10-8-6-4-2/h5,7,11,13,17,19,23-24,26-27,29,31,50,53H,3-4,6,8-10,12,14-16,18,20-22,25,28,30,32-49H2,1-2H3/b7-5-,13-11-,19-17-,24-23-,27-26-,31-29-. The molecule has 0 bridgehead atoms. The summed E-state index contributed by atoms with van der Waals surface area (Å²) in [6.07, 6.45) is 64.1. The summed E-state index contributed by atoms with van der Waals surface area (Å²) in [6.45, 7) is 4.03. The zero-order valence-electron chi connectivity index (χ0n) is 37.3. The number of rotatable bonds is 43. The number of aliphatic hydroxyl groups is 1. The molecular formula is C52H90O5. The van der Waals surface area contributed by atoms with E-state index in [4.69, 9.17) is 9.47 Å². The number of aliphatic hydroxyl groups excluding tert-OH is 1.